The summed E-state index contributed by atoms with van der Waals surface area (Å²) in [5.74, 6) is -5.60. The van der Waals surface area contributed by atoms with Gasteiger partial charge in [0, 0.05) is 31.6 Å². The summed E-state index contributed by atoms with van der Waals surface area (Å²) in [7, 11) is -4.19. The molecule has 4 aromatic rings. The van der Waals surface area contributed by atoms with Gasteiger partial charge in [-0.3, -0.25) is 4.79 Å². The van der Waals surface area contributed by atoms with Crippen LogP contribution in [0.2, 0.25) is 0 Å². The first-order chi connectivity index (χ1) is 22.9. The lowest BCUT2D eigenvalue weighted by Gasteiger charge is -2.45. The van der Waals surface area contributed by atoms with E-state index in [0.717, 1.165) is 23.4 Å². The third-order valence-corrected chi connectivity index (χ3v) is 8.96. The molecule has 5 rings (SSSR count). The zero-order valence-corrected chi connectivity index (χ0v) is 26.7. The quantitative estimate of drug-likeness (QED) is 0.207. The number of nitriles is 1. The molecule has 1 aliphatic rings. The summed E-state index contributed by atoms with van der Waals surface area (Å²) < 4.78 is 113. The largest absolute Gasteiger partial charge is 0.417 e. The Morgan fingerprint density at radius 1 is 1.14 bits per heavy atom. The molecule has 1 saturated heterocycles. The number of rotatable bonds is 6. The number of sulfone groups is 1. The minimum atomic E-state index is -5.17. The number of amides is 1. The van der Waals surface area contributed by atoms with E-state index in [1.54, 1.807) is 6.92 Å². The average Bonchev–Trinajstić information content (AvgIpc) is 3.00. The highest BCUT2D eigenvalue weighted by Gasteiger charge is 2.39. The third-order valence-electron chi connectivity index (χ3n) is 7.96. The van der Waals surface area contributed by atoms with E-state index in [9.17, 15) is 40.8 Å². The standard InChI is InChI=1S/C31H25F6N7O4S/c1-15-9-11-39-28(49(4,47)48)25(15)44-27-19(12-22(34)24(40-27)23-20(31(35,36)37)6-5-7-21(23)33)26(41-30(44)46)42-14-18(8-10-38)43(13-16(42)2)29(45)17(3)32/h5-7,9,11-12,16,18H,3,8,13-14H2,1-2,4H3/t16-,18?/m0/s1. The monoisotopic (exact) mass is 705 g/mol. The number of halogens is 6. The molecular weight excluding hydrogens is 680 g/mol. The third kappa shape index (κ3) is 6.33. The molecule has 0 saturated carbocycles. The Labute approximate surface area is 274 Å². The number of aryl methyl sites for hydroxylation is 1. The van der Waals surface area contributed by atoms with Gasteiger partial charge >= 0.3 is 11.9 Å². The number of piperazine rings is 1. The zero-order chi connectivity index (χ0) is 36.2. The van der Waals surface area contributed by atoms with Crippen molar-refractivity contribution in [2.45, 2.75) is 43.6 Å². The highest BCUT2D eigenvalue weighted by molar-refractivity contribution is 7.90. The van der Waals surface area contributed by atoms with Crippen molar-refractivity contribution in [3.63, 3.8) is 0 Å². The molecule has 0 bridgehead atoms. The molecule has 256 valence electrons. The van der Waals surface area contributed by atoms with E-state index in [-0.39, 0.29) is 42.0 Å². The van der Waals surface area contributed by atoms with Gasteiger partial charge in [-0.25, -0.2) is 40.9 Å². The molecule has 18 heteroatoms. The van der Waals surface area contributed by atoms with Gasteiger partial charge in [0.2, 0.25) is 0 Å². The van der Waals surface area contributed by atoms with Crippen molar-refractivity contribution in [2.24, 2.45) is 0 Å². The van der Waals surface area contributed by atoms with Crippen LogP contribution in [0.1, 0.15) is 24.5 Å². The van der Waals surface area contributed by atoms with Gasteiger partial charge in [0.15, 0.2) is 32.2 Å². The van der Waals surface area contributed by atoms with Crippen LogP contribution in [-0.2, 0) is 20.8 Å². The fourth-order valence-electron chi connectivity index (χ4n) is 5.79. The summed E-state index contributed by atoms with van der Waals surface area (Å²) >= 11 is 0. The minimum absolute atomic E-state index is 0.129. The van der Waals surface area contributed by atoms with Crippen molar-refractivity contribution in [1.82, 2.24) is 24.4 Å². The number of nitrogens with zero attached hydrogens (tertiary/aromatic N) is 7. The van der Waals surface area contributed by atoms with E-state index in [1.165, 1.54) is 17.9 Å². The van der Waals surface area contributed by atoms with Gasteiger partial charge in [-0.05, 0) is 43.7 Å². The van der Waals surface area contributed by atoms with E-state index >= 15 is 8.78 Å². The first-order valence-corrected chi connectivity index (χ1v) is 16.2. The van der Waals surface area contributed by atoms with Crippen LogP contribution in [-0.4, -0.2) is 70.2 Å². The van der Waals surface area contributed by atoms with E-state index < -0.39 is 84.6 Å². The Morgan fingerprint density at radius 2 is 1.84 bits per heavy atom. The number of benzene rings is 1. The molecule has 2 atom stereocenters. The van der Waals surface area contributed by atoms with Gasteiger partial charge in [0.05, 0.1) is 40.7 Å². The second-order valence-corrected chi connectivity index (χ2v) is 13.3. The van der Waals surface area contributed by atoms with Gasteiger partial charge in [0.1, 0.15) is 17.3 Å². The molecule has 4 heterocycles. The number of carbonyl (C=O) groups is 1. The number of hydrogen-bond acceptors (Lipinski definition) is 9. The topological polar surface area (TPSA) is 142 Å². The van der Waals surface area contributed by atoms with Crippen molar-refractivity contribution in [2.75, 3.05) is 24.2 Å². The molecule has 49 heavy (non-hydrogen) atoms. The molecule has 0 radical (unpaired) electrons. The van der Waals surface area contributed by atoms with Crippen molar-refractivity contribution in [3.8, 4) is 23.0 Å². The number of aromatic nitrogens is 4. The lowest BCUT2D eigenvalue weighted by atomic mass is 10.0. The van der Waals surface area contributed by atoms with Crippen LogP contribution in [0.4, 0.5) is 32.2 Å². The molecule has 1 amide bonds. The number of anilines is 1. The SMILES string of the molecule is C=C(F)C(=O)N1C[C@H](C)N(c2nc(=O)n(-c3c(C)ccnc3S(C)(=O)=O)c3nc(-c4c(F)cccc4C(F)(F)F)c(F)cc23)CC1CC#N. The lowest BCUT2D eigenvalue weighted by Crippen LogP contribution is -2.59. The maximum Gasteiger partial charge on any atom is 0.417 e. The molecule has 11 nitrogen and oxygen atoms in total. The molecule has 1 unspecified atom stereocenters. The number of carbonyl (C=O) groups excluding carboxylic acids is 1. The molecule has 0 N–H and O–H groups in total. The van der Waals surface area contributed by atoms with Crippen LogP contribution in [0.15, 0.2) is 58.8 Å². The Kier molecular flexibility index (Phi) is 9.01. The predicted octanol–water partition coefficient (Wildman–Crippen LogP) is 4.65. The smallest absolute Gasteiger partial charge is 0.349 e. The summed E-state index contributed by atoms with van der Waals surface area (Å²) in [5.41, 5.74) is -6.07. The van der Waals surface area contributed by atoms with Gasteiger partial charge in [0.25, 0.3) is 5.91 Å². The van der Waals surface area contributed by atoms with Gasteiger partial charge < -0.3 is 9.80 Å². The normalized spacial score (nSPS) is 16.9. The Hall–Kier alpha value is -5.31. The molecular formula is C31H25F6N7O4S. The summed E-state index contributed by atoms with van der Waals surface area (Å²) in [6.45, 7) is 5.49. The second-order valence-electron chi connectivity index (χ2n) is 11.3. The predicted molar refractivity (Wildman–Crippen MR) is 164 cm³/mol. The van der Waals surface area contributed by atoms with Crippen molar-refractivity contribution < 1.29 is 39.6 Å². The van der Waals surface area contributed by atoms with Gasteiger partial charge in [-0.2, -0.15) is 23.4 Å². The maximum atomic E-state index is 16.0. The van der Waals surface area contributed by atoms with Crippen LogP contribution < -0.4 is 10.6 Å². The first-order valence-electron chi connectivity index (χ1n) is 14.3. The number of alkyl halides is 3. The summed E-state index contributed by atoms with van der Waals surface area (Å²) in [5, 5.41) is 8.47. The fraction of sp³-hybridized carbons (Fsp3) is 0.290. The molecule has 3 aromatic heterocycles. The van der Waals surface area contributed by atoms with Crippen LogP contribution in [0.3, 0.4) is 0 Å². The summed E-state index contributed by atoms with van der Waals surface area (Å²) in [6.07, 6.45) is -3.54. The van der Waals surface area contributed by atoms with Gasteiger partial charge in [-0.1, -0.05) is 12.6 Å². The molecule has 1 aliphatic heterocycles. The Balaban J connectivity index is 1.89. The Morgan fingerprint density at radius 3 is 2.45 bits per heavy atom. The molecule has 0 aliphatic carbocycles. The van der Waals surface area contributed by atoms with E-state index in [1.807, 2.05) is 6.07 Å². The lowest BCUT2D eigenvalue weighted by molar-refractivity contribution is -0.137. The van der Waals surface area contributed by atoms with E-state index in [0.29, 0.717) is 22.8 Å². The van der Waals surface area contributed by atoms with Crippen LogP contribution >= 0.6 is 0 Å². The van der Waals surface area contributed by atoms with E-state index in [4.69, 9.17) is 0 Å². The van der Waals surface area contributed by atoms with Crippen molar-refractivity contribution in [3.05, 3.63) is 82.2 Å². The zero-order valence-electron chi connectivity index (χ0n) is 25.9. The maximum absolute atomic E-state index is 16.0. The highest BCUT2D eigenvalue weighted by Crippen LogP contribution is 2.40. The van der Waals surface area contributed by atoms with E-state index in [2.05, 4.69) is 21.5 Å². The molecule has 1 aromatic carbocycles. The highest BCUT2D eigenvalue weighted by atomic mass is 32.2. The number of hydrogen-bond donors (Lipinski definition) is 0. The van der Waals surface area contributed by atoms with Gasteiger partial charge in [-0.15, -0.1) is 0 Å². The second kappa shape index (κ2) is 12.6. The first kappa shape index (κ1) is 35.0. The average molecular weight is 706 g/mol. The summed E-state index contributed by atoms with van der Waals surface area (Å²) in [4.78, 5) is 41.1. The van der Waals surface area contributed by atoms with Crippen molar-refractivity contribution in [1.29, 1.82) is 5.26 Å². The summed E-state index contributed by atoms with van der Waals surface area (Å²) in [6, 6.07) is 4.09. The molecule has 1 fully saturated rings. The van der Waals surface area contributed by atoms with Crippen LogP contribution in [0.25, 0.3) is 28.0 Å². The minimum Gasteiger partial charge on any atom is -0.349 e. The fourth-order valence-corrected chi connectivity index (χ4v) is 6.64. The van der Waals surface area contributed by atoms with Crippen molar-refractivity contribution >= 4 is 32.6 Å². The Bertz CT molecular complexity index is 2250. The number of pyridine rings is 2. The number of fused-ring (bicyclic) bond motifs is 1. The van der Waals surface area contributed by atoms with Crippen LogP contribution in [0, 0.1) is 29.9 Å². The van der Waals surface area contributed by atoms with Crippen LogP contribution in [0.5, 0.6) is 0 Å². The molecule has 0 spiro atoms.